The van der Waals surface area contributed by atoms with Crippen LogP contribution in [0.1, 0.15) is 11.5 Å². The summed E-state index contributed by atoms with van der Waals surface area (Å²) >= 11 is 0. The maximum Gasteiger partial charge on any atom is 0.323 e. The van der Waals surface area contributed by atoms with Crippen LogP contribution in [0.15, 0.2) is 43.0 Å². The molecule has 0 amide bonds. The molecule has 2 N–H and O–H groups in total. The van der Waals surface area contributed by atoms with Crippen LogP contribution in [0.4, 0.5) is 0 Å². The molecule has 3 nitrogen and oxygen atoms in total. The van der Waals surface area contributed by atoms with Gasteiger partial charge in [0.25, 0.3) is 0 Å². The summed E-state index contributed by atoms with van der Waals surface area (Å²) in [6.45, 7) is 3.69. The smallest absolute Gasteiger partial charge is 0.323 e. The lowest BCUT2D eigenvalue weighted by molar-refractivity contribution is -0.142. The summed E-state index contributed by atoms with van der Waals surface area (Å²) in [5.74, 6) is -0.637. The van der Waals surface area contributed by atoms with E-state index in [0.717, 1.165) is 5.56 Å². The molecule has 0 bridgehead atoms. The van der Waals surface area contributed by atoms with Crippen LogP contribution in [-0.2, 0) is 9.53 Å². The Hall–Kier alpha value is -1.61. The van der Waals surface area contributed by atoms with Crippen molar-refractivity contribution in [3.8, 4) is 0 Å². The molecule has 0 aliphatic rings. The summed E-state index contributed by atoms with van der Waals surface area (Å²) < 4.78 is 4.60. The zero-order chi connectivity index (χ0) is 11.3. The second-order valence-electron chi connectivity index (χ2n) is 3.22. The minimum Gasteiger partial charge on any atom is -0.468 e. The van der Waals surface area contributed by atoms with Gasteiger partial charge in [0.1, 0.15) is 6.04 Å². The van der Waals surface area contributed by atoms with Gasteiger partial charge in [0, 0.05) is 5.92 Å². The molecular weight excluding hydrogens is 190 g/mol. The lowest BCUT2D eigenvalue weighted by atomic mass is 9.92. The quantitative estimate of drug-likeness (QED) is 0.598. The van der Waals surface area contributed by atoms with Gasteiger partial charge in [-0.25, -0.2) is 0 Å². The maximum atomic E-state index is 11.3. The van der Waals surface area contributed by atoms with E-state index in [1.807, 2.05) is 30.3 Å². The third kappa shape index (κ3) is 2.67. The number of carbonyl (C=O) groups excluding carboxylic acids is 1. The monoisotopic (exact) mass is 205 g/mol. The first kappa shape index (κ1) is 11.5. The van der Waals surface area contributed by atoms with Crippen molar-refractivity contribution in [1.82, 2.24) is 0 Å². The lowest BCUT2D eigenvalue weighted by Gasteiger charge is -2.18. The van der Waals surface area contributed by atoms with Crippen LogP contribution in [-0.4, -0.2) is 19.1 Å². The minimum absolute atomic E-state index is 0.210. The van der Waals surface area contributed by atoms with E-state index < -0.39 is 12.0 Å². The van der Waals surface area contributed by atoms with Crippen molar-refractivity contribution in [2.24, 2.45) is 5.73 Å². The van der Waals surface area contributed by atoms with Crippen LogP contribution in [0.2, 0.25) is 0 Å². The number of hydrogen-bond acceptors (Lipinski definition) is 3. The van der Waals surface area contributed by atoms with Crippen LogP contribution in [0.25, 0.3) is 0 Å². The average Bonchev–Trinajstić information content (AvgIpc) is 2.30. The number of esters is 1. The molecule has 2 atom stereocenters. The topological polar surface area (TPSA) is 52.3 Å². The average molecular weight is 205 g/mol. The Balaban J connectivity index is 2.89. The third-order valence-electron chi connectivity index (χ3n) is 2.30. The van der Waals surface area contributed by atoms with Crippen LogP contribution in [0.3, 0.4) is 0 Å². The first-order chi connectivity index (χ1) is 7.20. The number of ether oxygens (including phenoxy) is 1. The molecule has 0 aliphatic carbocycles. The van der Waals surface area contributed by atoms with E-state index in [1.54, 1.807) is 6.08 Å². The second kappa shape index (κ2) is 5.32. The summed E-state index contributed by atoms with van der Waals surface area (Å²) in [5, 5.41) is 0. The van der Waals surface area contributed by atoms with Crippen molar-refractivity contribution >= 4 is 5.97 Å². The van der Waals surface area contributed by atoms with Gasteiger partial charge in [-0.1, -0.05) is 36.4 Å². The molecule has 0 fully saturated rings. The third-order valence-corrected chi connectivity index (χ3v) is 2.30. The highest BCUT2D eigenvalue weighted by Gasteiger charge is 2.23. The predicted molar refractivity (Wildman–Crippen MR) is 59.4 cm³/mol. The van der Waals surface area contributed by atoms with Crippen molar-refractivity contribution in [3.05, 3.63) is 48.6 Å². The summed E-state index contributed by atoms with van der Waals surface area (Å²) in [5.41, 5.74) is 6.73. The molecule has 15 heavy (non-hydrogen) atoms. The molecule has 1 rings (SSSR count). The number of carbonyl (C=O) groups is 1. The molecule has 3 heteroatoms. The first-order valence-electron chi connectivity index (χ1n) is 4.71. The fourth-order valence-corrected chi connectivity index (χ4v) is 1.45. The molecule has 0 saturated carbocycles. The van der Waals surface area contributed by atoms with Crippen molar-refractivity contribution in [2.45, 2.75) is 12.0 Å². The zero-order valence-corrected chi connectivity index (χ0v) is 8.72. The Morgan fingerprint density at radius 2 is 2.07 bits per heavy atom. The summed E-state index contributed by atoms with van der Waals surface area (Å²) in [6, 6.07) is 8.83. The fourth-order valence-electron chi connectivity index (χ4n) is 1.45. The van der Waals surface area contributed by atoms with Gasteiger partial charge in [-0.15, -0.1) is 6.58 Å². The SMILES string of the molecule is C=C[C@H](c1ccccc1)[C@H](N)C(=O)OC. The van der Waals surface area contributed by atoms with E-state index in [1.165, 1.54) is 7.11 Å². The van der Waals surface area contributed by atoms with Crippen LogP contribution in [0, 0.1) is 0 Å². The second-order valence-corrected chi connectivity index (χ2v) is 3.22. The molecule has 1 aromatic rings. The fraction of sp³-hybridized carbons (Fsp3) is 0.250. The summed E-state index contributed by atoms with van der Waals surface area (Å²) in [6.07, 6.45) is 1.66. The number of nitrogens with two attached hydrogens (primary N) is 1. The normalized spacial score (nSPS) is 14.0. The minimum atomic E-state index is -0.699. The van der Waals surface area contributed by atoms with E-state index in [-0.39, 0.29) is 5.92 Å². The van der Waals surface area contributed by atoms with E-state index in [0.29, 0.717) is 0 Å². The lowest BCUT2D eigenvalue weighted by Crippen LogP contribution is -2.36. The van der Waals surface area contributed by atoms with E-state index in [4.69, 9.17) is 5.73 Å². The standard InChI is InChI=1S/C12H15NO2/c1-3-10(11(13)12(14)15-2)9-7-5-4-6-8-9/h3-8,10-11H,1,13H2,2H3/t10-,11+/m1/s1. The first-order valence-corrected chi connectivity index (χ1v) is 4.71. The molecule has 0 heterocycles. The molecule has 0 unspecified atom stereocenters. The highest BCUT2D eigenvalue weighted by atomic mass is 16.5. The molecule has 0 spiro atoms. The van der Waals surface area contributed by atoms with Crippen molar-refractivity contribution in [3.63, 3.8) is 0 Å². The molecular formula is C12H15NO2. The van der Waals surface area contributed by atoms with Gasteiger partial charge in [-0.3, -0.25) is 4.79 Å². The van der Waals surface area contributed by atoms with Crippen LogP contribution < -0.4 is 5.73 Å². The van der Waals surface area contributed by atoms with Crippen molar-refractivity contribution < 1.29 is 9.53 Å². The molecule has 1 aromatic carbocycles. The number of methoxy groups -OCH3 is 1. The van der Waals surface area contributed by atoms with E-state index in [9.17, 15) is 4.79 Å². The highest BCUT2D eigenvalue weighted by Crippen LogP contribution is 2.20. The largest absolute Gasteiger partial charge is 0.468 e. The summed E-state index contributed by atoms with van der Waals surface area (Å²) in [7, 11) is 1.33. The molecule has 0 radical (unpaired) electrons. The van der Waals surface area contributed by atoms with Crippen molar-refractivity contribution in [1.29, 1.82) is 0 Å². The Kier molecular flexibility index (Phi) is 4.06. The molecule has 0 saturated heterocycles. The van der Waals surface area contributed by atoms with Crippen molar-refractivity contribution in [2.75, 3.05) is 7.11 Å². The van der Waals surface area contributed by atoms with Gasteiger partial charge in [-0.05, 0) is 5.56 Å². The van der Waals surface area contributed by atoms with Crippen LogP contribution in [0.5, 0.6) is 0 Å². The molecule has 0 aromatic heterocycles. The maximum absolute atomic E-state index is 11.3. The Morgan fingerprint density at radius 3 is 2.53 bits per heavy atom. The molecule has 0 aliphatic heterocycles. The van der Waals surface area contributed by atoms with E-state index >= 15 is 0 Å². The van der Waals surface area contributed by atoms with Gasteiger partial charge in [0.05, 0.1) is 7.11 Å². The number of hydrogen-bond donors (Lipinski definition) is 1. The molecule has 80 valence electrons. The Bertz CT molecular complexity index is 335. The highest BCUT2D eigenvalue weighted by molar-refractivity contribution is 5.77. The number of benzene rings is 1. The Morgan fingerprint density at radius 1 is 1.47 bits per heavy atom. The van der Waals surface area contributed by atoms with Gasteiger partial charge >= 0.3 is 5.97 Å². The van der Waals surface area contributed by atoms with Gasteiger partial charge in [0.15, 0.2) is 0 Å². The van der Waals surface area contributed by atoms with Crippen LogP contribution >= 0.6 is 0 Å². The van der Waals surface area contributed by atoms with Gasteiger partial charge in [0.2, 0.25) is 0 Å². The van der Waals surface area contributed by atoms with Gasteiger partial charge < -0.3 is 10.5 Å². The van der Waals surface area contributed by atoms with E-state index in [2.05, 4.69) is 11.3 Å². The predicted octanol–water partition coefficient (Wildman–Crippen LogP) is 1.46. The van der Waals surface area contributed by atoms with Gasteiger partial charge in [-0.2, -0.15) is 0 Å². The summed E-state index contributed by atoms with van der Waals surface area (Å²) in [4.78, 5) is 11.3. The Labute approximate surface area is 89.5 Å². The zero-order valence-electron chi connectivity index (χ0n) is 8.72. The number of rotatable bonds is 4.